The molecule has 0 radical (unpaired) electrons. The van der Waals surface area contributed by atoms with Crippen LogP contribution in [-0.2, 0) is 32.2 Å². The summed E-state index contributed by atoms with van der Waals surface area (Å²) in [5.41, 5.74) is 6.69. The molecule has 4 saturated heterocycles. The summed E-state index contributed by atoms with van der Waals surface area (Å²) in [7, 11) is 0. The van der Waals surface area contributed by atoms with Gasteiger partial charge in [0.25, 0.3) is 11.5 Å². The summed E-state index contributed by atoms with van der Waals surface area (Å²) in [5, 5.41) is 23.6. The number of aromatic nitrogens is 4. The van der Waals surface area contributed by atoms with Gasteiger partial charge >= 0.3 is 18.1 Å². The van der Waals surface area contributed by atoms with E-state index in [2.05, 4.69) is 33.3 Å². The smallest absolute Gasteiger partial charge is 0.412 e. The number of nitrogen functional groups attached to an aromatic ring is 1. The third-order valence-electron chi connectivity index (χ3n) is 16.2. The molecule has 4 aromatic heterocycles. The predicted octanol–water partition coefficient (Wildman–Crippen LogP) is 6.38. The summed E-state index contributed by atoms with van der Waals surface area (Å²) in [6.07, 6.45) is 2.84. The largest absolute Gasteiger partial charge is 0.461 e. The fourth-order valence-corrected chi connectivity index (χ4v) is 13.5. The Hall–Kier alpha value is -7.84. The minimum atomic E-state index is -1.63. The number of hydrogen-bond acceptors (Lipinski definition) is 16. The Bertz CT molecular complexity index is 3900. The van der Waals surface area contributed by atoms with Crippen molar-refractivity contribution < 1.29 is 46.9 Å². The number of nitrogens with zero attached hydrogens (tertiary/aromatic N) is 8. The number of pyridine rings is 2. The molecule has 2 amide bonds. The van der Waals surface area contributed by atoms with Gasteiger partial charge in [-0.25, -0.2) is 27.7 Å². The van der Waals surface area contributed by atoms with Crippen LogP contribution < -0.4 is 36.0 Å². The third kappa shape index (κ3) is 8.16. The number of esters is 1. The first-order valence-corrected chi connectivity index (χ1v) is 26.5. The molecular formula is C55H48ClF3N10O8S. The summed E-state index contributed by atoms with van der Waals surface area (Å²) in [6, 6.07) is 8.39. The Balaban J connectivity index is 0.781. The van der Waals surface area contributed by atoms with Crippen LogP contribution in [0.15, 0.2) is 59.9 Å². The number of nitrogens with one attached hydrogen (secondary N) is 1. The average Bonchev–Trinajstić information content (AvgIpc) is 4.40. The average molecular weight is 1100 g/mol. The van der Waals surface area contributed by atoms with Crippen molar-refractivity contribution in [3.05, 3.63) is 120 Å². The number of nitrogens with two attached hydrogens (primary N) is 1. The molecule has 4 fully saturated rings. The Morgan fingerprint density at radius 1 is 1.12 bits per heavy atom. The first kappa shape index (κ1) is 50.9. The molecule has 400 valence electrons. The van der Waals surface area contributed by atoms with Crippen LogP contribution >= 0.6 is 22.9 Å². The standard InChI is InChI=1S/C55H48ClF3N10O8S/c1-4-31(42-34(19-60)48(61)78-41(42)18-57)43-36(56)15-33-46(44(43)59)64-53(76-24-55-9-5-11-67(55)12-6-10-55)65-49(33)66-21-29-7-8-30(22-66)69(29)50(71)25(2)26(3)77-54(74)63-39-14-27-13-28-20-68-40(45(28)62-38(27)17-37(39)58)16-32-35(51(68)72)23-75-52(73)47(32)70/h4,13-18,26,29-30,47,70H,1-2,5-12,20-24,61H2,3H3,(H,63,74)/b41-18-,42-31+. The molecule has 2 aromatic carbocycles. The van der Waals surface area contributed by atoms with Crippen LogP contribution in [0.2, 0.25) is 5.02 Å². The van der Waals surface area contributed by atoms with Gasteiger partial charge in [0.15, 0.2) is 11.9 Å². The minimum Gasteiger partial charge on any atom is -0.461 e. The highest BCUT2D eigenvalue weighted by Crippen LogP contribution is 2.43. The van der Waals surface area contributed by atoms with Crippen LogP contribution in [0.4, 0.5) is 34.5 Å². The molecule has 10 heterocycles. The van der Waals surface area contributed by atoms with E-state index in [9.17, 15) is 33.9 Å². The summed E-state index contributed by atoms with van der Waals surface area (Å²) in [4.78, 5) is 73.5. The third-order valence-corrected chi connectivity index (χ3v) is 17.4. The Morgan fingerprint density at radius 3 is 2.56 bits per heavy atom. The highest BCUT2D eigenvalue weighted by atomic mass is 35.5. The molecule has 4 atom stereocenters. The van der Waals surface area contributed by atoms with Gasteiger partial charge in [-0.15, -0.1) is 11.3 Å². The monoisotopic (exact) mass is 1100 g/mol. The maximum atomic E-state index is 17.5. The molecule has 4 unspecified atom stereocenters. The predicted molar refractivity (Wildman–Crippen MR) is 284 cm³/mol. The topological polar surface area (TPSA) is 231 Å². The van der Waals surface area contributed by atoms with E-state index >= 15 is 8.78 Å². The summed E-state index contributed by atoms with van der Waals surface area (Å²) >= 11 is 7.81. The lowest BCUT2D eigenvalue weighted by atomic mass is 9.95. The van der Waals surface area contributed by atoms with Crippen molar-refractivity contribution in [2.75, 3.05) is 48.7 Å². The van der Waals surface area contributed by atoms with E-state index < -0.39 is 47.4 Å². The number of fused-ring (bicyclic) bond motifs is 9. The quantitative estimate of drug-likeness (QED) is 0.0997. The molecule has 0 spiro atoms. The Kier molecular flexibility index (Phi) is 12.6. The number of amides is 2. The van der Waals surface area contributed by atoms with Crippen molar-refractivity contribution in [2.24, 2.45) is 0 Å². The number of rotatable bonds is 10. The number of ether oxygens (including phenoxy) is 3. The van der Waals surface area contributed by atoms with Crippen LogP contribution in [0.1, 0.15) is 79.4 Å². The van der Waals surface area contributed by atoms with Crippen molar-refractivity contribution in [3.63, 3.8) is 0 Å². The van der Waals surface area contributed by atoms with Crippen LogP contribution in [0, 0.1) is 23.0 Å². The van der Waals surface area contributed by atoms with Gasteiger partial charge in [-0.05, 0) is 88.4 Å². The van der Waals surface area contributed by atoms with E-state index in [1.807, 2.05) is 11.0 Å². The van der Waals surface area contributed by atoms with Gasteiger partial charge in [0.05, 0.1) is 73.0 Å². The van der Waals surface area contributed by atoms with Gasteiger partial charge in [-0.1, -0.05) is 30.8 Å². The van der Waals surface area contributed by atoms with Crippen molar-refractivity contribution in [1.82, 2.24) is 29.3 Å². The van der Waals surface area contributed by atoms with Crippen molar-refractivity contribution in [2.45, 2.75) is 88.4 Å². The number of aliphatic hydroxyl groups is 1. The molecule has 18 nitrogen and oxygen atoms in total. The van der Waals surface area contributed by atoms with Crippen LogP contribution in [0.3, 0.4) is 0 Å². The number of piperazine rings is 1. The number of anilines is 3. The molecule has 6 aromatic rings. The van der Waals surface area contributed by atoms with Gasteiger partial charge in [0, 0.05) is 51.8 Å². The van der Waals surface area contributed by atoms with Crippen molar-refractivity contribution in [3.8, 4) is 23.5 Å². The molecule has 4 N–H and O–H groups in total. The number of halogens is 4. The first-order chi connectivity index (χ1) is 37.5. The number of thiophene rings is 1. The summed E-state index contributed by atoms with van der Waals surface area (Å²) in [6.45, 7) is 11.9. The zero-order valence-electron chi connectivity index (χ0n) is 41.8. The highest BCUT2D eigenvalue weighted by molar-refractivity contribution is 7.14. The van der Waals surface area contributed by atoms with Gasteiger partial charge in [-0.2, -0.15) is 15.2 Å². The molecule has 12 rings (SSSR count). The van der Waals surface area contributed by atoms with Crippen molar-refractivity contribution in [1.29, 1.82) is 5.26 Å². The minimum absolute atomic E-state index is 0.0120. The number of allylic oxidation sites excluding steroid dienone is 1. The van der Waals surface area contributed by atoms with Crippen LogP contribution in [0.25, 0.3) is 45.1 Å². The SMILES string of the molecule is C=C/C(c1c(Cl)cc2c(N3CC4CCC(C3)N4C(=O)C(=C)C(C)OC(=O)Nc3cc4cc5c(nc4cc3F)-c3cc4c(c(=O)n3C5)COC(=O)C4O)nc(OCC34CCCN3CCC4)nc2c1F)=c1/c(C#N)c(N)s/c1=C\F. The van der Waals surface area contributed by atoms with Gasteiger partial charge < -0.3 is 39.4 Å². The van der Waals surface area contributed by atoms with E-state index in [0.717, 1.165) is 56.2 Å². The Labute approximate surface area is 451 Å². The molecule has 6 aliphatic rings. The van der Waals surface area contributed by atoms with E-state index in [0.29, 0.717) is 47.3 Å². The van der Waals surface area contributed by atoms with Crippen LogP contribution in [0.5, 0.6) is 6.01 Å². The number of carbonyl (C=O) groups is 3. The lowest BCUT2D eigenvalue weighted by molar-refractivity contribution is -0.157. The second-order valence-corrected chi connectivity index (χ2v) is 22.0. The highest BCUT2D eigenvalue weighted by Gasteiger charge is 2.47. The van der Waals surface area contributed by atoms with Crippen LogP contribution in [-0.4, -0.2) is 109 Å². The zero-order chi connectivity index (χ0) is 54.6. The number of aliphatic hydroxyl groups excluding tert-OH is 1. The molecule has 0 aliphatic carbocycles. The number of benzene rings is 2. The Morgan fingerprint density at radius 2 is 1.86 bits per heavy atom. The number of cyclic esters (lactones) is 1. The lowest BCUT2D eigenvalue weighted by Gasteiger charge is -2.42. The number of hydrogen-bond donors (Lipinski definition) is 3. The molecule has 78 heavy (non-hydrogen) atoms. The molecule has 0 saturated carbocycles. The molecule has 6 aliphatic heterocycles. The van der Waals surface area contributed by atoms with Gasteiger partial charge in [-0.3, -0.25) is 19.8 Å². The molecule has 2 bridgehead atoms. The molecular weight excluding hydrogens is 1050 g/mol. The van der Waals surface area contributed by atoms with E-state index in [-0.39, 0.29) is 132 Å². The van der Waals surface area contributed by atoms with E-state index in [1.165, 1.54) is 35.8 Å². The second-order valence-electron chi connectivity index (χ2n) is 20.5. The number of nitriles is 1. The number of carbonyl (C=O) groups excluding carboxylic acids is 3. The van der Waals surface area contributed by atoms with Crippen molar-refractivity contribution >= 4 is 91.1 Å². The first-order valence-electron chi connectivity index (χ1n) is 25.3. The fourth-order valence-electron chi connectivity index (χ4n) is 12.4. The van der Waals surface area contributed by atoms with E-state index in [4.69, 9.17) is 36.5 Å². The van der Waals surface area contributed by atoms with Gasteiger partial charge in [0.2, 0.25) is 0 Å². The second kappa shape index (κ2) is 19.3. The lowest BCUT2D eigenvalue weighted by Crippen LogP contribution is -2.57. The summed E-state index contributed by atoms with van der Waals surface area (Å²) < 4.78 is 65.9. The summed E-state index contributed by atoms with van der Waals surface area (Å²) in [5.74, 6) is -2.73. The molecule has 23 heteroatoms. The maximum Gasteiger partial charge on any atom is 0.412 e. The van der Waals surface area contributed by atoms with E-state index in [1.54, 1.807) is 11.0 Å². The zero-order valence-corrected chi connectivity index (χ0v) is 43.4. The fraction of sp³-hybridized carbons (Fsp3) is 0.345. The normalized spacial score (nSPS) is 20.9. The van der Waals surface area contributed by atoms with Gasteiger partial charge in [0.1, 0.15) is 53.9 Å². The maximum absolute atomic E-state index is 17.5.